The molecule has 0 amide bonds. The highest BCUT2D eigenvalue weighted by atomic mass is 35.5. The summed E-state index contributed by atoms with van der Waals surface area (Å²) in [5.41, 5.74) is -0.767. The van der Waals surface area contributed by atoms with Crippen LogP contribution in [0, 0.1) is 5.82 Å². The standard InChI is InChI=1S/C17H15Cl2FO6/c1-9(16(24)25-8-13(21)22)5-14(23)26-17(3-2-4-17)10-6-11(18)15(20)12(19)7-10/h6-7H,1-5,8H2,(H,21,22). The molecule has 1 N–H and O–H groups in total. The first-order chi connectivity index (χ1) is 12.1. The number of benzene rings is 1. The third kappa shape index (κ3) is 4.53. The van der Waals surface area contributed by atoms with Crippen molar-refractivity contribution >= 4 is 41.1 Å². The van der Waals surface area contributed by atoms with Crippen molar-refractivity contribution in [3.63, 3.8) is 0 Å². The first-order valence-corrected chi connectivity index (χ1v) is 8.34. The molecule has 0 bridgehead atoms. The molecule has 1 aliphatic rings. The van der Waals surface area contributed by atoms with Crippen LogP contribution in [0.1, 0.15) is 31.2 Å². The summed E-state index contributed by atoms with van der Waals surface area (Å²) in [7, 11) is 0. The molecule has 1 saturated carbocycles. The van der Waals surface area contributed by atoms with E-state index >= 15 is 0 Å². The largest absolute Gasteiger partial charge is 0.479 e. The Bertz CT molecular complexity index is 750. The van der Waals surface area contributed by atoms with Gasteiger partial charge in [0.2, 0.25) is 0 Å². The monoisotopic (exact) mass is 404 g/mol. The Labute approximate surface area is 158 Å². The first kappa shape index (κ1) is 20.2. The molecular weight excluding hydrogens is 390 g/mol. The van der Waals surface area contributed by atoms with Crippen molar-refractivity contribution in [3.05, 3.63) is 45.7 Å². The zero-order valence-corrected chi connectivity index (χ0v) is 15.0. The van der Waals surface area contributed by atoms with Crippen molar-refractivity contribution < 1.29 is 33.4 Å². The lowest BCUT2D eigenvalue weighted by Crippen LogP contribution is -2.39. The smallest absolute Gasteiger partial charge is 0.341 e. The minimum Gasteiger partial charge on any atom is -0.479 e. The number of ether oxygens (including phenoxy) is 2. The van der Waals surface area contributed by atoms with E-state index < -0.39 is 42.4 Å². The highest BCUT2D eigenvalue weighted by Crippen LogP contribution is 2.46. The van der Waals surface area contributed by atoms with Crippen LogP contribution in [0.2, 0.25) is 10.0 Å². The molecule has 0 spiro atoms. The van der Waals surface area contributed by atoms with Gasteiger partial charge in [-0.05, 0) is 37.0 Å². The van der Waals surface area contributed by atoms with Crippen molar-refractivity contribution in [3.8, 4) is 0 Å². The van der Waals surface area contributed by atoms with Crippen LogP contribution in [0.25, 0.3) is 0 Å². The molecule has 9 heteroatoms. The normalized spacial score (nSPS) is 14.9. The van der Waals surface area contributed by atoms with E-state index in [2.05, 4.69) is 11.3 Å². The lowest BCUT2D eigenvalue weighted by atomic mass is 9.74. The molecular formula is C17H15Cl2FO6. The summed E-state index contributed by atoms with van der Waals surface area (Å²) in [6.07, 6.45) is 1.30. The number of carbonyl (C=O) groups excluding carboxylic acids is 2. The van der Waals surface area contributed by atoms with Gasteiger partial charge in [0.15, 0.2) is 12.4 Å². The zero-order valence-electron chi connectivity index (χ0n) is 13.5. The Hall–Kier alpha value is -2.12. The van der Waals surface area contributed by atoms with E-state index in [1.54, 1.807) is 0 Å². The Balaban J connectivity index is 2.05. The van der Waals surface area contributed by atoms with Crippen LogP contribution in [0.5, 0.6) is 0 Å². The Morgan fingerprint density at radius 3 is 2.27 bits per heavy atom. The molecule has 0 saturated heterocycles. The van der Waals surface area contributed by atoms with Gasteiger partial charge in [-0.3, -0.25) is 4.79 Å². The zero-order chi connectivity index (χ0) is 19.5. The van der Waals surface area contributed by atoms with E-state index in [4.69, 9.17) is 33.0 Å². The van der Waals surface area contributed by atoms with Crippen LogP contribution in [0.15, 0.2) is 24.3 Å². The molecule has 0 radical (unpaired) electrons. The van der Waals surface area contributed by atoms with Crippen molar-refractivity contribution in [2.24, 2.45) is 0 Å². The van der Waals surface area contributed by atoms with Crippen LogP contribution in [0.3, 0.4) is 0 Å². The summed E-state index contributed by atoms with van der Waals surface area (Å²) < 4.78 is 23.5. The quantitative estimate of drug-likeness (QED) is 0.423. The molecule has 1 aromatic carbocycles. The van der Waals surface area contributed by atoms with Gasteiger partial charge in [0, 0.05) is 5.57 Å². The number of rotatable bonds is 7. The summed E-state index contributed by atoms with van der Waals surface area (Å²) in [5.74, 6) is -3.84. The molecule has 0 aromatic heterocycles. The molecule has 1 aromatic rings. The summed E-state index contributed by atoms with van der Waals surface area (Å²) in [6, 6.07) is 2.70. The van der Waals surface area contributed by atoms with Gasteiger partial charge in [0.05, 0.1) is 16.5 Å². The maximum atomic E-state index is 13.6. The number of hydrogen-bond acceptors (Lipinski definition) is 5. The number of carboxylic acid groups (broad SMARTS) is 1. The summed E-state index contributed by atoms with van der Waals surface area (Å²) in [4.78, 5) is 34.1. The summed E-state index contributed by atoms with van der Waals surface area (Å²) >= 11 is 11.6. The Kier molecular flexibility index (Phi) is 6.26. The van der Waals surface area contributed by atoms with Crippen LogP contribution < -0.4 is 0 Å². The van der Waals surface area contributed by atoms with E-state index in [-0.39, 0.29) is 15.6 Å². The summed E-state index contributed by atoms with van der Waals surface area (Å²) in [6.45, 7) is 2.57. The van der Waals surface area contributed by atoms with Crippen molar-refractivity contribution in [1.82, 2.24) is 0 Å². The van der Waals surface area contributed by atoms with E-state index in [0.717, 1.165) is 6.42 Å². The summed E-state index contributed by atoms with van der Waals surface area (Å²) in [5, 5.41) is 8.09. The third-order valence-electron chi connectivity index (χ3n) is 3.95. The van der Waals surface area contributed by atoms with Gasteiger partial charge in [-0.1, -0.05) is 29.8 Å². The maximum Gasteiger partial charge on any atom is 0.341 e. The number of carbonyl (C=O) groups is 3. The van der Waals surface area contributed by atoms with Gasteiger partial charge in [0.25, 0.3) is 0 Å². The molecule has 0 atom stereocenters. The van der Waals surface area contributed by atoms with Gasteiger partial charge >= 0.3 is 17.9 Å². The average Bonchev–Trinajstić information content (AvgIpc) is 2.53. The molecule has 26 heavy (non-hydrogen) atoms. The minimum absolute atomic E-state index is 0.184. The van der Waals surface area contributed by atoms with Crippen molar-refractivity contribution in [2.45, 2.75) is 31.3 Å². The molecule has 1 fully saturated rings. The number of esters is 2. The Morgan fingerprint density at radius 2 is 1.81 bits per heavy atom. The van der Waals surface area contributed by atoms with Crippen molar-refractivity contribution in [2.75, 3.05) is 6.61 Å². The fourth-order valence-corrected chi connectivity index (χ4v) is 2.98. The lowest BCUT2D eigenvalue weighted by molar-refractivity contribution is -0.171. The fraction of sp³-hybridized carbons (Fsp3) is 0.353. The molecule has 6 nitrogen and oxygen atoms in total. The van der Waals surface area contributed by atoms with Gasteiger partial charge < -0.3 is 14.6 Å². The second-order valence-corrected chi connectivity index (χ2v) is 6.64. The number of halogens is 3. The van der Waals surface area contributed by atoms with E-state index in [0.29, 0.717) is 18.4 Å². The third-order valence-corrected chi connectivity index (χ3v) is 4.50. The number of aliphatic carboxylic acids is 1. The lowest BCUT2D eigenvalue weighted by Gasteiger charge is -2.41. The predicted octanol–water partition coefficient (Wildman–Crippen LogP) is 3.63. The van der Waals surface area contributed by atoms with Crippen LogP contribution in [-0.4, -0.2) is 29.6 Å². The second-order valence-electron chi connectivity index (χ2n) is 5.83. The van der Waals surface area contributed by atoms with Crippen LogP contribution in [0.4, 0.5) is 4.39 Å². The van der Waals surface area contributed by atoms with E-state index in [9.17, 15) is 18.8 Å². The maximum absolute atomic E-state index is 13.6. The molecule has 140 valence electrons. The number of carboxylic acids is 1. The second kappa shape index (κ2) is 8.05. The van der Waals surface area contributed by atoms with Gasteiger partial charge in [-0.15, -0.1) is 0 Å². The topological polar surface area (TPSA) is 89.9 Å². The van der Waals surface area contributed by atoms with Gasteiger partial charge in [-0.2, -0.15) is 0 Å². The van der Waals surface area contributed by atoms with Crippen LogP contribution >= 0.6 is 23.2 Å². The first-order valence-electron chi connectivity index (χ1n) is 7.58. The molecule has 2 rings (SSSR count). The van der Waals surface area contributed by atoms with Gasteiger partial charge in [0.1, 0.15) is 5.60 Å². The Morgan fingerprint density at radius 1 is 1.23 bits per heavy atom. The minimum atomic E-state index is -1.33. The van der Waals surface area contributed by atoms with Crippen molar-refractivity contribution in [1.29, 1.82) is 0 Å². The number of hydrogen-bond donors (Lipinski definition) is 1. The highest BCUT2D eigenvalue weighted by Gasteiger charge is 2.43. The average molecular weight is 405 g/mol. The molecule has 0 heterocycles. The van der Waals surface area contributed by atoms with Gasteiger partial charge in [-0.25, -0.2) is 14.0 Å². The molecule has 0 aliphatic heterocycles. The highest BCUT2D eigenvalue weighted by molar-refractivity contribution is 6.35. The molecule has 0 unspecified atom stereocenters. The van der Waals surface area contributed by atoms with E-state index in [1.807, 2.05) is 0 Å². The van der Waals surface area contributed by atoms with Crippen LogP contribution in [-0.2, 0) is 29.5 Å². The predicted molar refractivity (Wildman–Crippen MR) is 90.4 cm³/mol. The van der Waals surface area contributed by atoms with E-state index in [1.165, 1.54) is 12.1 Å². The fourth-order valence-electron chi connectivity index (χ4n) is 2.50. The molecule has 1 aliphatic carbocycles. The SMILES string of the molecule is C=C(CC(=O)OC1(c2cc(Cl)c(F)c(Cl)c2)CCC1)C(=O)OCC(=O)O.